The van der Waals surface area contributed by atoms with E-state index >= 15 is 0 Å². The van der Waals surface area contributed by atoms with Gasteiger partial charge in [-0.1, -0.05) is 30.3 Å². The summed E-state index contributed by atoms with van der Waals surface area (Å²) in [6.45, 7) is 0. The van der Waals surface area contributed by atoms with Crippen LogP contribution in [-0.2, 0) is 17.6 Å². The largest absolute Gasteiger partial charge is 0.299 e. The molecule has 1 unspecified atom stereocenters. The molecule has 0 bridgehead atoms. The smallest absolute Gasteiger partial charge is 0.159 e. The Hall–Kier alpha value is -2.03. The zero-order valence-electron chi connectivity index (χ0n) is 10.9. The molecule has 3 heteroatoms. The van der Waals surface area contributed by atoms with Gasteiger partial charge in [0, 0.05) is 12.8 Å². The van der Waals surface area contributed by atoms with E-state index in [2.05, 4.69) is 6.07 Å². The molecule has 2 aromatic carbocycles. The fourth-order valence-electron chi connectivity index (χ4n) is 2.77. The van der Waals surface area contributed by atoms with Crippen LogP contribution in [-0.4, -0.2) is 5.78 Å². The standard InChI is InChI=1S/C17H14F2O/c18-16-6-5-11(8-17(16)19)7-14(20)10-13-9-12-3-1-2-4-15(12)13/h1-6,8,13H,7,9-10H2. The zero-order chi connectivity index (χ0) is 14.1. The monoisotopic (exact) mass is 272 g/mol. The normalized spacial score (nSPS) is 16.4. The summed E-state index contributed by atoms with van der Waals surface area (Å²) in [5.74, 6) is -1.43. The van der Waals surface area contributed by atoms with Crippen molar-refractivity contribution in [2.75, 3.05) is 0 Å². The molecular weight excluding hydrogens is 258 g/mol. The number of carbonyl (C=O) groups is 1. The van der Waals surface area contributed by atoms with Gasteiger partial charge in [-0.15, -0.1) is 0 Å². The van der Waals surface area contributed by atoms with Crippen molar-refractivity contribution in [1.82, 2.24) is 0 Å². The van der Waals surface area contributed by atoms with Crippen LogP contribution in [0.15, 0.2) is 42.5 Å². The van der Waals surface area contributed by atoms with E-state index in [9.17, 15) is 13.6 Å². The topological polar surface area (TPSA) is 17.1 Å². The third-order valence-electron chi connectivity index (χ3n) is 3.82. The second-order valence-corrected chi connectivity index (χ2v) is 5.27. The van der Waals surface area contributed by atoms with E-state index < -0.39 is 11.6 Å². The maximum atomic E-state index is 13.1. The average Bonchev–Trinajstić information content (AvgIpc) is 2.40. The number of Topliss-reactive ketones (excluding diaryl/α,β-unsaturated/α-hetero) is 1. The van der Waals surface area contributed by atoms with Crippen LogP contribution in [0.25, 0.3) is 0 Å². The number of carbonyl (C=O) groups excluding carboxylic acids is 1. The summed E-state index contributed by atoms with van der Waals surface area (Å²) < 4.78 is 25.9. The summed E-state index contributed by atoms with van der Waals surface area (Å²) in [5, 5.41) is 0. The summed E-state index contributed by atoms with van der Waals surface area (Å²) in [7, 11) is 0. The molecular formula is C17H14F2O. The van der Waals surface area contributed by atoms with Crippen molar-refractivity contribution in [3.63, 3.8) is 0 Å². The van der Waals surface area contributed by atoms with E-state index in [4.69, 9.17) is 0 Å². The van der Waals surface area contributed by atoms with Crippen LogP contribution >= 0.6 is 0 Å². The zero-order valence-corrected chi connectivity index (χ0v) is 10.9. The van der Waals surface area contributed by atoms with Crippen LogP contribution in [0.5, 0.6) is 0 Å². The minimum Gasteiger partial charge on any atom is -0.299 e. The highest BCUT2D eigenvalue weighted by atomic mass is 19.2. The summed E-state index contributed by atoms with van der Waals surface area (Å²) >= 11 is 0. The SMILES string of the molecule is O=C(Cc1ccc(F)c(F)c1)CC1Cc2ccccc21. The van der Waals surface area contributed by atoms with Crippen LogP contribution in [0.1, 0.15) is 29.0 Å². The Bertz CT molecular complexity index is 664. The predicted molar refractivity (Wildman–Crippen MR) is 72.6 cm³/mol. The molecule has 1 nitrogen and oxygen atoms in total. The quantitative estimate of drug-likeness (QED) is 0.827. The molecule has 0 radical (unpaired) electrons. The first-order chi connectivity index (χ1) is 9.63. The Labute approximate surface area is 116 Å². The van der Waals surface area contributed by atoms with Crippen molar-refractivity contribution < 1.29 is 13.6 Å². The van der Waals surface area contributed by atoms with Gasteiger partial charge in [-0.05, 0) is 41.2 Å². The lowest BCUT2D eigenvalue weighted by Gasteiger charge is -2.29. The van der Waals surface area contributed by atoms with Gasteiger partial charge >= 0.3 is 0 Å². The second-order valence-electron chi connectivity index (χ2n) is 5.27. The van der Waals surface area contributed by atoms with Crippen molar-refractivity contribution >= 4 is 5.78 Å². The molecule has 0 saturated heterocycles. The van der Waals surface area contributed by atoms with Gasteiger partial charge in [0.25, 0.3) is 0 Å². The molecule has 0 fully saturated rings. The lowest BCUT2D eigenvalue weighted by atomic mass is 9.75. The first-order valence-electron chi connectivity index (χ1n) is 6.67. The first-order valence-corrected chi connectivity index (χ1v) is 6.67. The number of halogens is 2. The van der Waals surface area contributed by atoms with Gasteiger partial charge in [0.15, 0.2) is 11.6 Å². The molecule has 2 aromatic rings. The van der Waals surface area contributed by atoms with Crippen molar-refractivity contribution in [3.05, 3.63) is 70.8 Å². The number of ketones is 1. The number of hydrogen-bond acceptors (Lipinski definition) is 1. The van der Waals surface area contributed by atoms with Crippen LogP contribution in [0, 0.1) is 11.6 Å². The Morgan fingerprint density at radius 2 is 1.90 bits per heavy atom. The molecule has 102 valence electrons. The molecule has 0 aromatic heterocycles. The van der Waals surface area contributed by atoms with Gasteiger partial charge in [-0.3, -0.25) is 4.79 Å². The van der Waals surface area contributed by atoms with Gasteiger partial charge in [-0.25, -0.2) is 8.78 Å². The summed E-state index contributed by atoms with van der Waals surface area (Å²) in [5.41, 5.74) is 3.07. The Morgan fingerprint density at radius 1 is 1.10 bits per heavy atom. The van der Waals surface area contributed by atoms with Gasteiger partial charge in [0.2, 0.25) is 0 Å². The minimum atomic E-state index is -0.899. The van der Waals surface area contributed by atoms with Gasteiger partial charge in [-0.2, -0.15) is 0 Å². The highest BCUT2D eigenvalue weighted by molar-refractivity contribution is 5.82. The summed E-state index contributed by atoms with van der Waals surface area (Å²) in [6.07, 6.45) is 1.56. The van der Waals surface area contributed by atoms with Gasteiger partial charge in [0.05, 0.1) is 0 Å². The van der Waals surface area contributed by atoms with E-state index in [0.29, 0.717) is 12.0 Å². The minimum absolute atomic E-state index is 0.0653. The first kappa shape index (κ1) is 13.0. The summed E-state index contributed by atoms with van der Waals surface area (Å²) in [6, 6.07) is 11.7. The molecule has 0 heterocycles. The van der Waals surface area contributed by atoms with Crippen molar-refractivity contribution in [1.29, 1.82) is 0 Å². The molecule has 0 spiro atoms. The highest BCUT2D eigenvalue weighted by Crippen LogP contribution is 2.37. The molecule has 1 aliphatic carbocycles. The van der Waals surface area contributed by atoms with E-state index in [1.54, 1.807) is 0 Å². The van der Waals surface area contributed by atoms with E-state index in [-0.39, 0.29) is 18.1 Å². The van der Waals surface area contributed by atoms with E-state index in [1.807, 2.05) is 18.2 Å². The molecule has 1 atom stereocenters. The van der Waals surface area contributed by atoms with Crippen LogP contribution in [0.3, 0.4) is 0 Å². The highest BCUT2D eigenvalue weighted by Gasteiger charge is 2.27. The fraction of sp³-hybridized carbons (Fsp3) is 0.235. The number of fused-ring (bicyclic) bond motifs is 1. The maximum Gasteiger partial charge on any atom is 0.159 e. The molecule has 3 rings (SSSR count). The second kappa shape index (κ2) is 5.16. The number of hydrogen-bond donors (Lipinski definition) is 0. The summed E-state index contributed by atoms with van der Waals surface area (Å²) in [4.78, 5) is 12.0. The van der Waals surface area contributed by atoms with E-state index in [0.717, 1.165) is 18.6 Å². The van der Waals surface area contributed by atoms with Gasteiger partial charge < -0.3 is 0 Å². The van der Waals surface area contributed by atoms with Crippen LogP contribution in [0.4, 0.5) is 8.78 Å². The van der Waals surface area contributed by atoms with Crippen molar-refractivity contribution in [2.45, 2.75) is 25.2 Å². The molecule has 1 aliphatic rings. The van der Waals surface area contributed by atoms with Gasteiger partial charge in [0.1, 0.15) is 5.78 Å². The van der Waals surface area contributed by atoms with Crippen molar-refractivity contribution in [2.24, 2.45) is 0 Å². The van der Waals surface area contributed by atoms with Crippen LogP contribution < -0.4 is 0 Å². The van der Waals surface area contributed by atoms with Crippen LogP contribution in [0.2, 0.25) is 0 Å². The molecule has 0 aliphatic heterocycles. The Morgan fingerprint density at radius 3 is 2.65 bits per heavy atom. The van der Waals surface area contributed by atoms with E-state index in [1.165, 1.54) is 17.2 Å². The lowest BCUT2D eigenvalue weighted by molar-refractivity contribution is -0.118. The molecule has 0 amide bonds. The number of benzene rings is 2. The molecule has 20 heavy (non-hydrogen) atoms. The lowest BCUT2D eigenvalue weighted by Crippen LogP contribution is -2.20. The Balaban J connectivity index is 1.62. The third-order valence-corrected chi connectivity index (χ3v) is 3.82. The van der Waals surface area contributed by atoms with Crippen molar-refractivity contribution in [3.8, 4) is 0 Å². The Kier molecular flexibility index (Phi) is 3.35. The fourth-order valence-corrected chi connectivity index (χ4v) is 2.77. The predicted octanol–water partition coefficient (Wildman–Crippen LogP) is 3.81. The average molecular weight is 272 g/mol. The molecule has 0 N–H and O–H groups in total. The molecule has 0 saturated carbocycles. The third kappa shape index (κ3) is 2.48. The maximum absolute atomic E-state index is 13.1. The number of rotatable bonds is 4.